The first kappa shape index (κ1) is 23.8. The van der Waals surface area contributed by atoms with Crippen molar-refractivity contribution in [3.8, 4) is 28.8 Å². The van der Waals surface area contributed by atoms with E-state index in [1.54, 1.807) is 29.0 Å². The molecule has 0 amide bonds. The maximum absolute atomic E-state index is 12.6. The van der Waals surface area contributed by atoms with Crippen molar-refractivity contribution < 1.29 is 4.74 Å². The van der Waals surface area contributed by atoms with E-state index in [0.717, 1.165) is 17.0 Å². The van der Waals surface area contributed by atoms with Crippen LogP contribution in [-0.2, 0) is 0 Å². The van der Waals surface area contributed by atoms with Crippen molar-refractivity contribution in [3.05, 3.63) is 107 Å². The smallest absolute Gasteiger partial charge is 0.259 e. The Bertz CT molecular complexity index is 1670. The van der Waals surface area contributed by atoms with Crippen molar-refractivity contribution in [2.24, 2.45) is 5.92 Å². The number of aromatic nitrogens is 4. The average molecular weight is 488 g/mol. The van der Waals surface area contributed by atoms with Crippen LogP contribution in [0.4, 0.5) is 0 Å². The molecule has 37 heavy (non-hydrogen) atoms. The second kappa shape index (κ2) is 10.3. The van der Waals surface area contributed by atoms with E-state index in [2.05, 4.69) is 29.9 Å². The van der Waals surface area contributed by atoms with Crippen LogP contribution in [0, 0.1) is 17.2 Å². The van der Waals surface area contributed by atoms with Gasteiger partial charge in [-0.15, -0.1) is 0 Å². The second-order valence-electron chi connectivity index (χ2n) is 9.04. The summed E-state index contributed by atoms with van der Waals surface area (Å²) < 4.78 is 7.60. The van der Waals surface area contributed by atoms with E-state index < -0.39 is 0 Å². The number of ether oxygens (including phenoxy) is 1. The van der Waals surface area contributed by atoms with Gasteiger partial charge >= 0.3 is 0 Å². The molecule has 0 radical (unpaired) electrons. The minimum Gasteiger partial charge on any atom is -0.493 e. The van der Waals surface area contributed by atoms with E-state index >= 15 is 0 Å². The number of fused-ring (bicyclic) bond motifs is 1. The Balaban J connectivity index is 1.60. The molecule has 0 bridgehead atoms. The Kier molecular flexibility index (Phi) is 6.64. The molecule has 2 aromatic heterocycles. The van der Waals surface area contributed by atoms with Gasteiger partial charge in [0.25, 0.3) is 5.56 Å². The Labute approximate surface area is 214 Å². The maximum Gasteiger partial charge on any atom is 0.259 e. The number of H-pyrrole nitrogens is 1. The molecule has 5 aromatic rings. The van der Waals surface area contributed by atoms with Crippen LogP contribution in [-0.4, -0.2) is 26.4 Å². The molecular formula is C30H25N5O2. The maximum atomic E-state index is 12.6. The van der Waals surface area contributed by atoms with Crippen molar-refractivity contribution in [2.75, 3.05) is 6.61 Å². The monoisotopic (exact) mass is 487 g/mol. The van der Waals surface area contributed by atoms with Crippen LogP contribution >= 0.6 is 0 Å². The quantitative estimate of drug-likeness (QED) is 0.289. The van der Waals surface area contributed by atoms with Gasteiger partial charge in [-0.05, 0) is 60.5 Å². The van der Waals surface area contributed by atoms with Crippen molar-refractivity contribution in [1.29, 1.82) is 5.26 Å². The molecule has 3 aromatic carbocycles. The number of rotatable bonds is 7. The van der Waals surface area contributed by atoms with Crippen LogP contribution in [0.15, 0.2) is 89.9 Å². The molecule has 0 saturated heterocycles. The molecule has 0 aliphatic heterocycles. The molecule has 7 heteroatoms. The number of para-hydroxylation sites is 2. The number of aromatic amines is 1. The van der Waals surface area contributed by atoms with E-state index in [0.29, 0.717) is 34.7 Å². The van der Waals surface area contributed by atoms with E-state index in [4.69, 9.17) is 9.84 Å². The SMILES string of the molecule is CC(C)COc1ccc(-c2nn(-c3ccccc3)cc2C=C(C#N)c2nc3ccccc3c(=O)[nH]2)cc1. The number of nitrogens with one attached hydrogen (secondary N) is 1. The summed E-state index contributed by atoms with van der Waals surface area (Å²) in [5, 5.41) is 15.3. The number of nitriles is 1. The van der Waals surface area contributed by atoms with Crippen LogP contribution in [0.2, 0.25) is 0 Å². The summed E-state index contributed by atoms with van der Waals surface area (Å²) in [6.45, 7) is 4.85. The number of hydrogen-bond acceptors (Lipinski definition) is 5. The van der Waals surface area contributed by atoms with Crippen LogP contribution in [0.25, 0.3) is 39.5 Å². The van der Waals surface area contributed by atoms with Crippen molar-refractivity contribution in [1.82, 2.24) is 19.7 Å². The fourth-order valence-corrected chi connectivity index (χ4v) is 3.93. The largest absolute Gasteiger partial charge is 0.493 e. The first-order chi connectivity index (χ1) is 18.0. The summed E-state index contributed by atoms with van der Waals surface area (Å²) in [5.74, 6) is 1.42. The van der Waals surface area contributed by atoms with E-state index in [9.17, 15) is 10.1 Å². The molecule has 0 atom stereocenters. The van der Waals surface area contributed by atoms with Gasteiger partial charge in [0.05, 0.1) is 34.5 Å². The number of allylic oxidation sites excluding steroid dienone is 1. The Morgan fingerprint density at radius 3 is 2.51 bits per heavy atom. The molecule has 0 aliphatic rings. The van der Waals surface area contributed by atoms with Crippen LogP contribution in [0.1, 0.15) is 25.2 Å². The third-order valence-electron chi connectivity index (χ3n) is 5.76. The summed E-state index contributed by atoms with van der Waals surface area (Å²) in [6.07, 6.45) is 3.57. The lowest BCUT2D eigenvalue weighted by molar-refractivity contribution is 0.271. The highest BCUT2D eigenvalue weighted by molar-refractivity contribution is 5.91. The van der Waals surface area contributed by atoms with Crippen molar-refractivity contribution in [2.45, 2.75) is 13.8 Å². The second-order valence-corrected chi connectivity index (χ2v) is 9.04. The van der Waals surface area contributed by atoms with Gasteiger partial charge < -0.3 is 9.72 Å². The minimum absolute atomic E-state index is 0.210. The minimum atomic E-state index is -0.293. The van der Waals surface area contributed by atoms with Crippen LogP contribution < -0.4 is 10.3 Å². The number of benzene rings is 3. The molecule has 1 N–H and O–H groups in total. The Morgan fingerprint density at radius 2 is 1.78 bits per heavy atom. The zero-order chi connectivity index (χ0) is 25.8. The normalized spacial score (nSPS) is 11.6. The predicted molar refractivity (Wildman–Crippen MR) is 145 cm³/mol. The third kappa shape index (κ3) is 5.19. The molecule has 0 fully saturated rings. The molecule has 5 rings (SSSR count). The molecule has 2 heterocycles. The summed E-state index contributed by atoms with van der Waals surface area (Å²) in [5.41, 5.74) is 3.63. The van der Waals surface area contributed by atoms with Gasteiger partial charge in [0, 0.05) is 17.3 Å². The van der Waals surface area contributed by atoms with Gasteiger partial charge in [0.2, 0.25) is 0 Å². The van der Waals surface area contributed by atoms with E-state index in [-0.39, 0.29) is 17.0 Å². The van der Waals surface area contributed by atoms with E-state index in [1.165, 1.54) is 0 Å². The van der Waals surface area contributed by atoms with Gasteiger partial charge in [-0.25, -0.2) is 9.67 Å². The number of hydrogen-bond donors (Lipinski definition) is 1. The van der Waals surface area contributed by atoms with Gasteiger partial charge in [-0.1, -0.05) is 44.2 Å². The fraction of sp³-hybridized carbons (Fsp3) is 0.133. The third-order valence-corrected chi connectivity index (χ3v) is 5.76. The van der Waals surface area contributed by atoms with Gasteiger partial charge in [-0.2, -0.15) is 10.4 Å². The fourth-order valence-electron chi connectivity index (χ4n) is 3.93. The molecule has 0 unspecified atom stereocenters. The molecule has 182 valence electrons. The lowest BCUT2D eigenvalue weighted by Gasteiger charge is -2.09. The van der Waals surface area contributed by atoms with Crippen LogP contribution in [0.5, 0.6) is 5.75 Å². The first-order valence-electron chi connectivity index (χ1n) is 12.0. The van der Waals surface area contributed by atoms with Crippen molar-refractivity contribution >= 4 is 22.6 Å². The summed E-state index contributed by atoms with van der Waals surface area (Å²) in [7, 11) is 0. The summed E-state index contributed by atoms with van der Waals surface area (Å²) >= 11 is 0. The highest BCUT2D eigenvalue weighted by atomic mass is 16.5. The molecule has 0 spiro atoms. The van der Waals surface area contributed by atoms with Gasteiger partial charge in [0.1, 0.15) is 11.8 Å². The zero-order valence-electron chi connectivity index (χ0n) is 20.6. The molecule has 0 saturated carbocycles. The highest BCUT2D eigenvalue weighted by Gasteiger charge is 2.15. The first-order valence-corrected chi connectivity index (χ1v) is 12.0. The zero-order valence-corrected chi connectivity index (χ0v) is 20.6. The summed E-state index contributed by atoms with van der Waals surface area (Å²) in [4.78, 5) is 19.9. The predicted octanol–water partition coefficient (Wildman–Crippen LogP) is 5.87. The van der Waals surface area contributed by atoms with Crippen molar-refractivity contribution in [3.63, 3.8) is 0 Å². The standard InChI is InChI=1S/C30H25N5O2/c1-20(2)19-37-25-14-12-21(13-15-25)28-23(18-35(34-28)24-8-4-3-5-9-24)16-22(17-31)29-32-27-11-7-6-10-26(27)30(36)33-29/h3-16,18,20H,19H2,1-2H3,(H,32,33,36). The molecule has 0 aliphatic carbocycles. The topological polar surface area (TPSA) is 96.6 Å². The number of nitrogens with zero attached hydrogens (tertiary/aromatic N) is 4. The lowest BCUT2D eigenvalue weighted by atomic mass is 10.1. The van der Waals surface area contributed by atoms with Gasteiger partial charge in [0.15, 0.2) is 5.82 Å². The average Bonchev–Trinajstić information content (AvgIpc) is 3.35. The Morgan fingerprint density at radius 1 is 1.05 bits per heavy atom. The lowest BCUT2D eigenvalue weighted by Crippen LogP contribution is -2.11. The summed E-state index contributed by atoms with van der Waals surface area (Å²) in [6, 6.07) is 26.7. The molecular weight excluding hydrogens is 462 g/mol. The Hall–Kier alpha value is -4.96. The van der Waals surface area contributed by atoms with Gasteiger partial charge in [-0.3, -0.25) is 4.79 Å². The van der Waals surface area contributed by atoms with E-state index in [1.807, 2.05) is 66.9 Å². The highest BCUT2D eigenvalue weighted by Crippen LogP contribution is 2.29. The molecule has 7 nitrogen and oxygen atoms in total. The van der Waals surface area contributed by atoms with Crippen LogP contribution in [0.3, 0.4) is 0 Å².